The molecule has 2 aliphatic rings. The van der Waals surface area contributed by atoms with Crippen LogP contribution >= 0.6 is 15.9 Å². The minimum absolute atomic E-state index is 0.155. The normalized spacial score (nSPS) is 18.5. The number of aromatic nitrogens is 1. The zero-order valence-electron chi connectivity index (χ0n) is 16.6. The van der Waals surface area contributed by atoms with Crippen LogP contribution in [0.1, 0.15) is 42.9 Å². The summed E-state index contributed by atoms with van der Waals surface area (Å²) in [6.45, 7) is 4.69. The first-order valence-electron chi connectivity index (χ1n) is 10.2. The minimum Gasteiger partial charge on any atom is -0.354 e. The van der Waals surface area contributed by atoms with Crippen LogP contribution in [0.4, 0.5) is 0 Å². The highest BCUT2D eigenvalue weighted by Crippen LogP contribution is 2.43. The van der Waals surface area contributed by atoms with Gasteiger partial charge in [-0.15, -0.1) is 0 Å². The average molecular weight is 440 g/mol. The summed E-state index contributed by atoms with van der Waals surface area (Å²) in [5.74, 6) is 0.394. The molecule has 2 heteroatoms. The lowest BCUT2D eigenvalue weighted by atomic mass is 9.72. The first-order valence-corrected chi connectivity index (χ1v) is 11.0. The molecule has 0 spiro atoms. The van der Waals surface area contributed by atoms with Gasteiger partial charge in [0, 0.05) is 21.1 Å². The second-order valence-electron chi connectivity index (χ2n) is 9.06. The Bertz CT molecular complexity index is 1410. The standard InChI is InChI=1S/C27H22BrN/c1-27(2)14-22(16-8-4-3-5-9-16)24-21-13-19-18-11-7-6-10-17(18)12-20(19)25(28)26(21)29-23(24)15-27/h3-13,15,22,29H,14H2,1-2H3. The molecule has 142 valence electrons. The van der Waals surface area contributed by atoms with Crippen molar-refractivity contribution in [2.24, 2.45) is 5.41 Å². The number of nitrogens with one attached hydrogen (secondary N) is 1. The summed E-state index contributed by atoms with van der Waals surface area (Å²) < 4.78 is 1.17. The topological polar surface area (TPSA) is 15.8 Å². The molecule has 0 bridgehead atoms. The summed E-state index contributed by atoms with van der Waals surface area (Å²) in [6.07, 6.45) is 5.85. The summed E-state index contributed by atoms with van der Waals surface area (Å²) in [5, 5.41) is 3.91. The van der Waals surface area contributed by atoms with Crippen molar-refractivity contribution in [3.63, 3.8) is 0 Å². The van der Waals surface area contributed by atoms with E-state index in [2.05, 4.69) is 108 Å². The molecule has 1 heterocycles. The van der Waals surface area contributed by atoms with Crippen molar-refractivity contribution in [3.8, 4) is 11.1 Å². The lowest BCUT2D eigenvalue weighted by Gasteiger charge is -2.31. The van der Waals surface area contributed by atoms with E-state index in [4.69, 9.17) is 0 Å². The number of halogens is 1. The van der Waals surface area contributed by atoms with Gasteiger partial charge in [-0.25, -0.2) is 0 Å². The number of hydrogen-bond donors (Lipinski definition) is 1. The molecule has 1 nitrogen and oxygen atoms in total. The van der Waals surface area contributed by atoms with Crippen molar-refractivity contribution in [2.45, 2.75) is 26.2 Å². The van der Waals surface area contributed by atoms with Crippen LogP contribution in [-0.2, 0) is 0 Å². The van der Waals surface area contributed by atoms with Crippen molar-refractivity contribution in [1.82, 2.24) is 4.98 Å². The van der Waals surface area contributed by atoms with Gasteiger partial charge in [-0.3, -0.25) is 0 Å². The van der Waals surface area contributed by atoms with E-state index < -0.39 is 0 Å². The summed E-state index contributed by atoms with van der Waals surface area (Å²) in [4.78, 5) is 3.77. The highest BCUT2D eigenvalue weighted by molar-refractivity contribution is 9.10. The van der Waals surface area contributed by atoms with Gasteiger partial charge in [-0.1, -0.05) is 74.5 Å². The van der Waals surface area contributed by atoms with Gasteiger partial charge < -0.3 is 4.98 Å². The highest BCUT2D eigenvalue weighted by Gasteiger charge is 2.32. The summed E-state index contributed by atoms with van der Waals surface area (Å²) in [7, 11) is 0. The molecule has 6 rings (SSSR count). The first kappa shape index (κ1) is 17.3. The Morgan fingerprint density at radius 3 is 2.55 bits per heavy atom. The molecule has 0 fully saturated rings. The molecular formula is C27H22BrN. The first-order chi connectivity index (χ1) is 14.0. The number of fused-ring (bicyclic) bond motifs is 6. The van der Waals surface area contributed by atoms with E-state index >= 15 is 0 Å². The van der Waals surface area contributed by atoms with Crippen molar-refractivity contribution in [3.05, 3.63) is 92.4 Å². The molecule has 1 atom stereocenters. The molecule has 1 aromatic heterocycles. The van der Waals surface area contributed by atoms with Crippen molar-refractivity contribution < 1.29 is 0 Å². The molecule has 29 heavy (non-hydrogen) atoms. The van der Waals surface area contributed by atoms with Gasteiger partial charge in [-0.2, -0.15) is 0 Å². The fourth-order valence-electron chi connectivity index (χ4n) is 5.27. The molecule has 0 saturated carbocycles. The third-order valence-electron chi connectivity index (χ3n) is 6.51. The van der Waals surface area contributed by atoms with E-state index in [1.54, 1.807) is 0 Å². The third kappa shape index (κ3) is 2.52. The van der Waals surface area contributed by atoms with Gasteiger partial charge in [-0.05, 0) is 72.9 Å². The molecule has 0 aliphatic heterocycles. The maximum Gasteiger partial charge on any atom is 0.0612 e. The maximum absolute atomic E-state index is 3.95. The van der Waals surface area contributed by atoms with E-state index in [-0.39, 0.29) is 5.41 Å². The number of aromatic amines is 1. The number of rotatable bonds is 1. The molecule has 0 radical (unpaired) electrons. The van der Waals surface area contributed by atoms with E-state index in [0.29, 0.717) is 5.92 Å². The fourth-order valence-corrected chi connectivity index (χ4v) is 5.91. The van der Waals surface area contributed by atoms with Crippen LogP contribution in [0, 0.1) is 5.41 Å². The Balaban J connectivity index is 1.71. The van der Waals surface area contributed by atoms with E-state index in [1.807, 2.05) is 0 Å². The van der Waals surface area contributed by atoms with Crippen molar-refractivity contribution in [1.29, 1.82) is 0 Å². The molecule has 4 aromatic rings. The van der Waals surface area contributed by atoms with Crippen LogP contribution in [0.5, 0.6) is 0 Å². The molecule has 0 saturated heterocycles. The second-order valence-corrected chi connectivity index (χ2v) is 9.85. The van der Waals surface area contributed by atoms with E-state index in [1.165, 1.54) is 53.8 Å². The third-order valence-corrected chi connectivity index (χ3v) is 7.33. The maximum atomic E-state index is 3.95. The van der Waals surface area contributed by atoms with Gasteiger partial charge in [0.15, 0.2) is 0 Å². The van der Waals surface area contributed by atoms with Crippen LogP contribution in [0.2, 0.25) is 0 Å². The van der Waals surface area contributed by atoms with Crippen LogP contribution < -0.4 is 10.6 Å². The van der Waals surface area contributed by atoms with Gasteiger partial charge in [0.1, 0.15) is 0 Å². The number of benzene rings is 3. The fraction of sp³-hybridized carbons (Fsp3) is 0.185. The highest BCUT2D eigenvalue weighted by atomic mass is 79.9. The lowest BCUT2D eigenvalue weighted by Crippen LogP contribution is -2.27. The molecule has 3 aromatic carbocycles. The lowest BCUT2D eigenvalue weighted by molar-refractivity contribution is 0.428. The van der Waals surface area contributed by atoms with Crippen molar-refractivity contribution in [2.75, 3.05) is 0 Å². The second kappa shape index (κ2) is 5.96. The molecule has 1 N–H and O–H groups in total. The van der Waals surface area contributed by atoms with Gasteiger partial charge in [0.25, 0.3) is 0 Å². The van der Waals surface area contributed by atoms with Crippen LogP contribution in [0.15, 0.2) is 65.1 Å². The van der Waals surface area contributed by atoms with Crippen LogP contribution in [-0.4, -0.2) is 4.98 Å². The van der Waals surface area contributed by atoms with Crippen LogP contribution in [0.3, 0.4) is 0 Å². The summed E-state index contributed by atoms with van der Waals surface area (Å²) in [6, 6.07) is 22.1. The molecular weight excluding hydrogens is 418 g/mol. The molecule has 1 unspecified atom stereocenters. The molecule has 0 amide bonds. The Labute approximate surface area is 178 Å². The largest absolute Gasteiger partial charge is 0.354 e. The average Bonchev–Trinajstić information content (AvgIpc) is 3.26. The van der Waals surface area contributed by atoms with Gasteiger partial charge >= 0.3 is 0 Å². The van der Waals surface area contributed by atoms with E-state index in [9.17, 15) is 0 Å². The zero-order valence-corrected chi connectivity index (χ0v) is 18.2. The van der Waals surface area contributed by atoms with Gasteiger partial charge in [0.05, 0.1) is 5.52 Å². The summed E-state index contributed by atoms with van der Waals surface area (Å²) >= 11 is 3.95. The summed E-state index contributed by atoms with van der Waals surface area (Å²) in [5.41, 5.74) is 8.18. The van der Waals surface area contributed by atoms with E-state index in [0.717, 1.165) is 6.42 Å². The predicted molar refractivity (Wildman–Crippen MR) is 125 cm³/mol. The number of hydrogen-bond acceptors (Lipinski definition) is 0. The van der Waals surface area contributed by atoms with Crippen molar-refractivity contribution >= 4 is 39.0 Å². The number of H-pyrrole nitrogens is 1. The Morgan fingerprint density at radius 2 is 1.72 bits per heavy atom. The smallest absolute Gasteiger partial charge is 0.0612 e. The van der Waals surface area contributed by atoms with Gasteiger partial charge in [0.2, 0.25) is 0 Å². The molecule has 2 aliphatic carbocycles. The Kier molecular flexibility index (Phi) is 3.56. The Hall–Kier alpha value is -2.58. The van der Waals surface area contributed by atoms with Crippen LogP contribution in [0.25, 0.3) is 34.2 Å². The predicted octanol–water partition coefficient (Wildman–Crippen LogP) is 6.08. The minimum atomic E-state index is 0.155. The Morgan fingerprint density at radius 1 is 0.966 bits per heavy atom. The monoisotopic (exact) mass is 439 g/mol. The SMILES string of the molecule is CC1(C)C=c2[nH]c3c(Br)c4c(cc3c2C(c2ccccc2)C1)-c1ccccc1C=4. The quantitative estimate of drug-likeness (QED) is 0.325. The zero-order chi connectivity index (χ0) is 19.8.